The number of imide groups is 1. The molecule has 0 saturated carbocycles. The Hall–Kier alpha value is -3.20. The molecule has 2 aromatic rings. The van der Waals surface area contributed by atoms with Gasteiger partial charge in [-0.2, -0.15) is 0 Å². The molecule has 2 saturated heterocycles. The Balaban J connectivity index is 1.43. The lowest BCUT2D eigenvalue weighted by Crippen LogP contribution is -2.49. The van der Waals surface area contributed by atoms with Crippen molar-refractivity contribution in [2.24, 2.45) is 0 Å². The molecule has 0 spiro atoms. The van der Waals surface area contributed by atoms with Crippen LogP contribution in [0.3, 0.4) is 0 Å². The van der Waals surface area contributed by atoms with E-state index in [4.69, 9.17) is 0 Å². The number of carbonyl (C=O) groups is 3. The molecular weight excluding hydrogens is 378 g/mol. The number of thioether (sulfide) groups is 1. The first-order valence-corrected chi connectivity index (χ1v) is 9.59. The van der Waals surface area contributed by atoms with Gasteiger partial charge >= 0.3 is 0 Å². The summed E-state index contributed by atoms with van der Waals surface area (Å²) in [6, 6.07) is 10.9. The number of benzene rings is 1. The number of nitrogens with zero attached hydrogens (tertiary/aromatic N) is 4. The van der Waals surface area contributed by atoms with Crippen LogP contribution in [0.1, 0.15) is 16.1 Å². The SMILES string of the molecule is O=C1NC(=O)/C(=C\c2ccnc(N3CCN(C(=O)c4ccccc4)CC3)n2)S1. The van der Waals surface area contributed by atoms with Crippen LogP contribution in [-0.2, 0) is 4.79 Å². The van der Waals surface area contributed by atoms with Crippen LogP contribution in [-0.4, -0.2) is 58.1 Å². The first kappa shape index (κ1) is 18.2. The molecular formula is C19H17N5O3S. The van der Waals surface area contributed by atoms with E-state index < -0.39 is 5.91 Å². The van der Waals surface area contributed by atoms with Crippen molar-refractivity contribution in [1.82, 2.24) is 20.2 Å². The smallest absolute Gasteiger partial charge is 0.290 e. The maximum Gasteiger partial charge on any atom is 0.290 e. The molecule has 1 aromatic heterocycles. The highest BCUT2D eigenvalue weighted by Crippen LogP contribution is 2.25. The summed E-state index contributed by atoms with van der Waals surface area (Å²) in [5.74, 6) is 0.146. The van der Waals surface area contributed by atoms with Crippen LogP contribution in [0.25, 0.3) is 6.08 Å². The van der Waals surface area contributed by atoms with E-state index >= 15 is 0 Å². The quantitative estimate of drug-likeness (QED) is 0.791. The van der Waals surface area contributed by atoms with E-state index in [1.54, 1.807) is 18.3 Å². The fourth-order valence-electron chi connectivity index (χ4n) is 3.02. The Morgan fingerprint density at radius 1 is 1.07 bits per heavy atom. The summed E-state index contributed by atoms with van der Waals surface area (Å²) in [6.45, 7) is 2.39. The van der Waals surface area contributed by atoms with E-state index in [0.717, 1.165) is 11.8 Å². The molecule has 3 amide bonds. The summed E-state index contributed by atoms with van der Waals surface area (Å²) in [5, 5.41) is 1.84. The Morgan fingerprint density at radius 3 is 2.50 bits per heavy atom. The second-order valence-corrected chi connectivity index (χ2v) is 7.29. The molecule has 0 radical (unpaired) electrons. The fourth-order valence-corrected chi connectivity index (χ4v) is 3.69. The van der Waals surface area contributed by atoms with Gasteiger partial charge in [-0.05, 0) is 36.0 Å². The lowest BCUT2D eigenvalue weighted by molar-refractivity contribution is -0.115. The largest absolute Gasteiger partial charge is 0.337 e. The van der Waals surface area contributed by atoms with Crippen LogP contribution in [0, 0.1) is 0 Å². The van der Waals surface area contributed by atoms with E-state index in [-0.39, 0.29) is 11.1 Å². The standard InChI is InChI=1S/C19H17N5O3S/c25-16-15(28-19(27)22-16)12-14-6-7-20-18(21-14)24-10-8-23(9-11-24)17(26)13-4-2-1-3-5-13/h1-7,12H,8-11H2,(H,22,25,27)/b15-12+. The molecule has 4 rings (SSSR count). The summed E-state index contributed by atoms with van der Waals surface area (Å²) < 4.78 is 0. The van der Waals surface area contributed by atoms with Crippen molar-refractivity contribution >= 4 is 40.8 Å². The number of amides is 3. The Morgan fingerprint density at radius 2 is 1.82 bits per heavy atom. The minimum absolute atomic E-state index is 0.0218. The van der Waals surface area contributed by atoms with Crippen LogP contribution in [0.4, 0.5) is 10.7 Å². The summed E-state index contributed by atoms with van der Waals surface area (Å²) in [6.07, 6.45) is 3.20. The number of hydrogen-bond donors (Lipinski definition) is 1. The number of anilines is 1. The minimum atomic E-state index is -0.414. The maximum atomic E-state index is 12.5. The molecule has 0 unspecified atom stereocenters. The average molecular weight is 395 g/mol. The van der Waals surface area contributed by atoms with Gasteiger partial charge in [0, 0.05) is 37.9 Å². The minimum Gasteiger partial charge on any atom is -0.337 e. The molecule has 8 nitrogen and oxygen atoms in total. The van der Waals surface area contributed by atoms with E-state index in [9.17, 15) is 14.4 Å². The zero-order valence-corrected chi connectivity index (χ0v) is 15.7. The molecule has 2 aliphatic heterocycles. The van der Waals surface area contributed by atoms with Crippen molar-refractivity contribution in [2.45, 2.75) is 0 Å². The van der Waals surface area contributed by atoms with Crippen molar-refractivity contribution in [3.63, 3.8) is 0 Å². The van der Waals surface area contributed by atoms with E-state index in [0.29, 0.717) is 48.3 Å². The molecule has 0 atom stereocenters. The van der Waals surface area contributed by atoms with Gasteiger partial charge in [-0.15, -0.1) is 0 Å². The van der Waals surface area contributed by atoms with Crippen LogP contribution in [0.2, 0.25) is 0 Å². The van der Waals surface area contributed by atoms with Crippen molar-refractivity contribution in [3.8, 4) is 0 Å². The second kappa shape index (κ2) is 7.81. The Kier molecular flexibility index (Phi) is 5.07. The van der Waals surface area contributed by atoms with Crippen molar-refractivity contribution in [2.75, 3.05) is 31.1 Å². The zero-order chi connectivity index (χ0) is 19.5. The predicted molar refractivity (Wildman–Crippen MR) is 106 cm³/mol. The third kappa shape index (κ3) is 3.89. The summed E-state index contributed by atoms with van der Waals surface area (Å²) in [4.78, 5) is 48.4. The summed E-state index contributed by atoms with van der Waals surface area (Å²) in [7, 11) is 0. The highest BCUT2D eigenvalue weighted by molar-refractivity contribution is 8.18. The van der Waals surface area contributed by atoms with Gasteiger partial charge in [-0.3, -0.25) is 19.7 Å². The normalized spacial score (nSPS) is 18.5. The number of nitrogens with one attached hydrogen (secondary N) is 1. The molecule has 2 fully saturated rings. The topological polar surface area (TPSA) is 95.5 Å². The van der Waals surface area contributed by atoms with Gasteiger partial charge in [0.1, 0.15) is 0 Å². The monoisotopic (exact) mass is 395 g/mol. The van der Waals surface area contributed by atoms with Gasteiger partial charge in [0.2, 0.25) is 5.95 Å². The van der Waals surface area contributed by atoms with Crippen molar-refractivity contribution < 1.29 is 14.4 Å². The van der Waals surface area contributed by atoms with Crippen molar-refractivity contribution in [3.05, 3.63) is 58.8 Å². The molecule has 0 aliphatic carbocycles. The molecule has 1 N–H and O–H groups in total. The van der Waals surface area contributed by atoms with E-state index in [2.05, 4.69) is 15.3 Å². The molecule has 3 heterocycles. The average Bonchev–Trinajstić information content (AvgIpc) is 3.05. The van der Waals surface area contributed by atoms with Gasteiger partial charge in [-0.1, -0.05) is 18.2 Å². The zero-order valence-electron chi connectivity index (χ0n) is 14.9. The third-order valence-electron chi connectivity index (χ3n) is 4.46. The van der Waals surface area contributed by atoms with Gasteiger partial charge in [-0.25, -0.2) is 9.97 Å². The van der Waals surface area contributed by atoms with Gasteiger partial charge in [0.05, 0.1) is 10.6 Å². The highest BCUT2D eigenvalue weighted by atomic mass is 32.2. The second-order valence-electron chi connectivity index (χ2n) is 6.28. The number of hydrogen-bond acceptors (Lipinski definition) is 7. The Labute approximate surface area is 165 Å². The molecule has 0 bridgehead atoms. The molecule has 1 aromatic carbocycles. The molecule has 28 heavy (non-hydrogen) atoms. The molecule has 9 heteroatoms. The highest BCUT2D eigenvalue weighted by Gasteiger charge is 2.26. The van der Waals surface area contributed by atoms with Crippen LogP contribution in [0.5, 0.6) is 0 Å². The van der Waals surface area contributed by atoms with Crippen molar-refractivity contribution in [1.29, 1.82) is 0 Å². The fraction of sp³-hybridized carbons (Fsp3) is 0.211. The van der Waals surface area contributed by atoms with Crippen LogP contribution >= 0.6 is 11.8 Å². The van der Waals surface area contributed by atoms with E-state index in [1.165, 1.54) is 0 Å². The lowest BCUT2D eigenvalue weighted by atomic mass is 10.2. The molecule has 142 valence electrons. The first-order valence-electron chi connectivity index (χ1n) is 8.77. The van der Waals surface area contributed by atoms with E-state index in [1.807, 2.05) is 40.1 Å². The van der Waals surface area contributed by atoms with Gasteiger partial charge in [0.15, 0.2) is 0 Å². The lowest BCUT2D eigenvalue weighted by Gasteiger charge is -2.34. The van der Waals surface area contributed by atoms with Crippen LogP contribution in [0.15, 0.2) is 47.5 Å². The number of piperazine rings is 1. The van der Waals surface area contributed by atoms with Crippen LogP contribution < -0.4 is 10.2 Å². The summed E-state index contributed by atoms with van der Waals surface area (Å²) in [5.41, 5.74) is 1.24. The van der Waals surface area contributed by atoms with Gasteiger partial charge < -0.3 is 9.80 Å². The first-order chi connectivity index (χ1) is 13.6. The maximum absolute atomic E-state index is 12.5. The van der Waals surface area contributed by atoms with Gasteiger partial charge in [0.25, 0.3) is 17.1 Å². The number of carbonyl (C=O) groups excluding carboxylic acids is 3. The predicted octanol–water partition coefficient (Wildman–Crippen LogP) is 1.76. The summed E-state index contributed by atoms with van der Waals surface area (Å²) >= 11 is 0.855. The number of aromatic nitrogens is 2. The number of rotatable bonds is 3. The Bertz CT molecular complexity index is 955. The molecule has 2 aliphatic rings. The third-order valence-corrected chi connectivity index (χ3v) is 5.27.